The van der Waals surface area contributed by atoms with Crippen molar-refractivity contribution in [2.24, 2.45) is 0 Å². The Morgan fingerprint density at radius 1 is 0.340 bits per heavy atom. The van der Waals surface area contributed by atoms with Gasteiger partial charge in [-0.3, -0.25) is 0 Å². The minimum atomic E-state index is -2.66. The summed E-state index contributed by atoms with van der Waals surface area (Å²) in [6.07, 6.45) is 2.11. The van der Waals surface area contributed by atoms with E-state index >= 15 is 0 Å². The minimum absolute atomic E-state index is 1.05. The molecular formula is C50H36N2Si. The molecule has 0 fully saturated rings. The minimum Gasteiger partial charge on any atom is -0.307 e. The van der Waals surface area contributed by atoms with Crippen LogP contribution in [0.2, 0.25) is 0 Å². The van der Waals surface area contributed by atoms with Crippen LogP contribution >= 0.6 is 0 Å². The molecule has 0 radical (unpaired) electrons. The number of para-hydroxylation sites is 2. The van der Waals surface area contributed by atoms with Crippen molar-refractivity contribution in [1.82, 2.24) is 9.13 Å². The van der Waals surface area contributed by atoms with Crippen LogP contribution in [0.4, 0.5) is 0 Å². The summed E-state index contributed by atoms with van der Waals surface area (Å²) in [4.78, 5) is 0. The number of nitrogens with zero attached hydrogens (tertiary/aromatic N) is 2. The molecule has 0 amide bonds. The van der Waals surface area contributed by atoms with Crippen LogP contribution in [0, 0.1) is 0 Å². The topological polar surface area (TPSA) is 9.86 Å². The molecule has 11 rings (SSSR count). The second kappa shape index (κ2) is 11.8. The van der Waals surface area contributed by atoms with Gasteiger partial charge >= 0.3 is 0 Å². The van der Waals surface area contributed by atoms with E-state index in [1.807, 2.05) is 0 Å². The average Bonchev–Trinajstić information content (AvgIpc) is 3.76. The molecule has 8 aromatic carbocycles. The lowest BCUT2D eigenvalue weighted by atomic mass is 9.90. The Hall–Kier alpha value is -6.42. The molecule has 2 nitrogen and oxygen atoms in total. The van der Waals surface area contributed by atoms with E-state index in [9.17, 15) is 0 Å². The van der Waals surface area contributed by atoms with Gasteiger partial charge in [0.15, 0.2) is 8.07 Å². The quantitative estimate of drug-likeness (QED) is 0.121. The maximum atomic E-state index is 2.57. The maximum absolute atomic E-state index is 2.66. The molecule has 3 heteroatoms. The smallest absolute Gasteiger partial charge is 0.179 e. The summed E-state index contributed by atoms with van der Waals surface area (Å²) in [5.41, 5.74) is 10.3. The van der Waals surface area contributed by atoms with Gasteiger partial charge in [-0.2, -0.15) is 0 Å². The second-order valence-corrected chi connectivity index (χ2v) is 18.2. The highest BCUT2D eigenvalue weighted by molar-refractivity contribution is 7.19. The van der Waals surface area contributed by atoms with Gasteiger partial charge in [-0.1, -0.05) is 152 Å². The van der Waals surface area contributed by atoms with Crippen LogP contribution in [-0.2, 0) is 12.8 Å². The zero-order valence-corrected chi connectivity index (χ0v) is 30.3. The molecular weight excluding hydrogens is 657 g/mol. The summed E-state index contributed by atoms with van der Waals surface area (Å²) in [5, 5.41) is 11.0. The molecule has 0 atom stereocenters. The summed E-state index contributed by atoms with van der Waals surface area (Å²) in [6, 6.07) is 72.5. The summed E-state index contributed by atoms with van der Waals surface area (Å²) < 4.78 is 5.07. The fraction of sp³-hybridized carbons (Fsp3) is 0.0400. The molecule has 2 heterocycles. The third-order valence-corrected chi connectivity index (χ3v) is 16.5. The van der Waals surface area contributed by atoms with Gasteiger partial charge in [0, 0.05) is 32.9 Å². The number of aromatic nitrogens is 2. The van der Waals surface area contributed by atoms with Crippen LogP contribution in [0.5, 0.6) is 0 Å². The van der Waals surface area contributed by atoms with E-state index in [0.29, 0.717) is 0 Å². The van der Waals surface area contributed by atoms with Crippen molar-refractivity contribution in [1.29, 1.82) is 0 Å². The first-order valence-electron chi connectivity index (χ1n) is 18.7. The van der Waals surface area contributed by atoms with E-state index in [0.717, 1.165) is 12.8 Å². The molecule has 0 N–H and O–H groups in total. The normalized spacial score (nSPS) is 12.8. The van der Waals surface area contributed by atoms with Gasteiger partial charge in [-0.15, -0.1) is 0 Å². The molecule has 1 aliphatic rings. The Labute approximate surface area is 309 Å². The Balaban J connectivity index is 1.24. The Kier molecular flexibility index (Phi) is 6.73. The summed E-state index contributed by atoms with van der Waals surface area (Å²) >= 11 is 0. The van der Waals surface area contributed by atoms with Gasteiger partial charge in [-0.25, -0.2) is 0 Å². The molecule has 0 aliphatic heterocycles. The van der Waals surface area contributed by atoms with Crippen molar-refractivity contribution in [3.05, 3.63) is 205 Å². The highest BCUT2D eigenvalue weighted by Gasteiger charge is 2.41. The number of hydrogen-bond donors (Lipinski definition) is 0. The fourth-order valence-corrected chi connectivity index (χ4v) is 14.3. The molecule has 1 aliphatic carbocycles. The Morgan fingerprint density at radius 2 is 0.830 bits per heavy atom. The summed E-state index contributed by atoms with van der Waals surface area (Å²) in [7, 11) is -2.66. The van der Waals surface area contributed by atoms with Crippen molar-refractivity contribution in [3.8, 4) is 11.4 Å². The molecule has 0 bridgehead atoms. The molecule has 0 saturated carbocycles. The highest BCUT2D eigenvalue weighted by atomic mass is 28.3. The van der Waals surface area contributed by atoms with Gasteiger partial charge in [0.05, 0.1) is 22.1 Å². The predicted molar refractivity (Wildman–Crippen MR) is 226 cm³/mol. The van der Waals surface area contributed by atoms with Crippen LogP contribution < -0.4 is 20.7 Å². The van der Waals surface area contributed by atoms with E-state index < -0.39 is 8.07 Å². The van der Waals surface area contributed by atoms with Crippen molar-refractivity contribution >= 4 is 72.4 Å². The molecule has 53 heavy (non-hydrogen) atoms. The SMILES string of the molecule is c1ccc(-n2c3ccccc3c3cc4c5c6c(cccc6n(-c6ccc([Si](c7ccccc7)(c7ccccc7)c7ccccc7)cc6)c5c32)CC4)cc1. The molecule has 0 spiro atoms. The Morgan fingerprint density at radius 3 is 1.47 bits per heavy atom. The van der Waals surface area contributed by atoms with Crippen LogP contribution in [-0.4, -0.2) is 17.2 Å². The standard InChI is InChI=1S/C50H36N2Si/c1-5-17-37(18-6-1)51-45-26-14-13-25-43(45)44-34-36-29-28-35-16-15-27-46-47(35)48(36)50(49(44)51)52(46)38-30-32-42(33-31-38)53(39-19-7-2-8-20-39,40-21-9-3-10-22-40)41-23-11-4-12-24-41/h1-27,30-34H,28-29H2. The maximum Gasteiger partial charge on any atom is 0.179 e. The van der Waals surface area contributed by atoms with Crippen LogP contribution in [0.25, 0.3) is 55.0 Å². The van der Waals surface area contributed by atoms with E-state index in [4.69, 9.17) is 0 Å². The first-order chi connectivity index (χ1) is 26.3. The van der Waals surface area contributed by atoms with Gasteiger partial charge < -0.3 is 9.13 Å². The van der Waals surface area contributed by atoms with Crippen LogP contribution in [0.3, 0.4) is 0 Å². The van der Waals surface area contributed by atoms with Gasteiger partial charge in [0.25, 0.3) is 0 Å². The van der Waals surface area contributed by atoms with E-state index in [2.05, 4.69) is 203 Å². The molecule has 0 unspecified atom stereocenters. The fourth-order valence-electron chi connectivity index (χ4n) is 9.55. The van der Waals surface area contributed by atoms with Gasteiger partial charge in [0.2, 0.25) is 0 Å². The number of rotatable bonds is 6. The molecule has 2 aromatic heterocycles. The molecule has 0 saturated heterocycles. The van der Waals surface area contributed by atoms with Gasteiger partial charge in [0.1, 0.15) is 0 Å². The Bertz CT molecular complexity index is 2860. The first-order valence-corrected chi connectivity index (χ1v) is 20.7. The highest BCUT2D eigenvalue weighted by Crippen LogP contribution is 2.46. The largest absolute Gasteiger partial charge is 0.307 e. The summed E-state index contributed by atoms with van der Waals surface area (Å²) in [6.45, 7) is 0. The first kappa shape index (κ1) is 30.2. The van der Waals surface area contributed by atoms with E-state index in [1.54, 1.807) is 0 Å². The molecule has 250 valence electrons. The number of hydrogen-bond acceptors (Lipinski definition) is 0. The van der Waals surface area contributed by atoms with Gasteiger partial charge in [-0.05, 0) is 87.2 Å². The molecule has 10 aromatic rings. The van der Waals surface area contributed by atoms with Crippen LogP contribution in [0.1, 0.15) is 11.1 Å². The van der Waals surface area contributed by atoms with Crippen molar-refractivity contribution in [2.75, 3.05) is 0 Å². The van der Waals surface area contributed by atoms with Crippen molar-refractivity contribution in [2.45, 2.75) is 12.8 Å². The zero-order chi connectivity index (χ0) is 34.9. The van der Waals surface area contributed by atoms with Crippen molar-refractivity contribution < 1.29 is 0 Å². The second-order valence-electron chi connectivity index (χ2n) is 14.4. The number of benzene rings is 8. The van der Waals surface area contributed by atoms with E-state index in [1.165, 1.54) is 86.9 Å². The lowest BCUT2D eigenvalue weighted by molar-refractivity contribution is 0.971. The third-order valence-electron chi connectivity index (χ3n) is 11.7. The number of aryl methyl sites for hydroxylation is 2. The van der Waals surface area contributed by atoms with Crippen molar-refractivity contribution in [3.63, 3.8) is 0 Å². The summed E-state index contributed by atoms with van der Waals surface area (Å²) in [5.74, 6) is 0. The lowest BCUT2D eigenvalue weighted by Gasteiger charge is -2.34. The van der Waals surface area contributed by atoms with Crippen LogP contribution in [0.15, 0.2) is 194 Å². The van der Waals surface area contributed by atoms with E-state index in [-0.39, 0.29) is 0 Å². The third kappa shape index (κ3) is 4.32. The average molecular weight is 693 g/mol. The predicted octanol–water partition coefficient (Wildman–Crippen LogP) is 9.36. The zero-order valence-electron chi connectivity index (χ0n) is 29.3. The lowest BCUT2D eigenvalue weighted by Crippen LogP contribution is -2.74. The number of fused-ring (bicyclic) bond motifs is 4. The monoisotopic (exact) mass is 692 g/mol.